The van der Waals surface area contributed by atoms with Crippen molar-refractivity contribution in [2.75, 3.05) is 11.9 Å². The normalized spacial score (nSPS) is 18.2. The van der Waals surface area contributed by atoms with E-state index in [1.165, 1.54) is 12.1 Å². The maximum atomic E-state index is 13.1. The molecule has 1 fully saturated rings. The summed E-state index contributed by atoms with van der Waals surface area (Å²) in [6, 6.07) is 9.30. The van der Waals surface area contributed by atoms with Gasteiger partial charge in [-0.2, -0.15) is 0 Å². The fourth-order valence-electron chi connectivity index (χ4n) is 2.55. The van der Waals surface area contributed by atoms with Crippen LogP contribution in [0.25, 0.3) is 0 Å². The Balaban J connectivity index is 1.73. The standard InChI is InChI=1S/C15H15FN2O2/c16-11-4-1-5-12(10-11)17-15(19)18-8-2-6-13(18)14-7-3-9-20-14/h1,3-5,7,9-10,13H,2,6,8H2,(H,17,19). The highest BCUT2D eigenvalue weighted by molar-refractivity contribution is 5.89. The number of amides is 2. The third-order valence-corrected chi connectivity index (χ3v) is 3.46. The van der Waals surface area contributed by atoms with Crippen LogP contribution in [0.4, 0.5) is 14.9 Å². The van der Waals surface area contributed by atoms with Crippen molar-refractivity contribution in [3.63, 3.8) is 0 Å². The molecule has 2 amide bonds. The summed E-state index contributed by atoms with van der Waals surface area (Å²) in [5.41, 5.74) is 0.458. The quantitative estimate of drug-likeness (QED) is 0.905. The molecule has 3 rings (SSSR count). The van der Waals surface area contributed by atoms with Crippen LogP contribution in [0.3, 0.4) is 0 Å². The smallest absolute Gasteiger partial charge is 0.322 e. The Morgan fingerprint density at radius 3 is 3.00 bits per heavy atom. The van der Waals surface area contributed by atoms with Crippen molar-refractivity contribution in [3.05, 3.63) is 54.2 Å². The Morgan fingerprint density at radius 1 is 1.35 bits per heavy atom. The van der Waals surface area contributed by atoms with Crippen molar-refractivity contribution in [1.82, 2.24) is 4.90 Å². The molecule has 1 aromatic carbocycles. The lowest BCUT2D eigenvalue weighted by atomic mass is 10.2. The lowest BCUT2D eigenvalue weighted by Crippen LogP contribution is -2.34. The van der Waals surface area contributed by atoms with Gasteiger partial charge in [-0.05, 0) is 43.2 Å². The van der Waals surface area contributed by atoms with Crippen LogP contribution in [0.5, 0.6) is 0 Å². The van der Waals surface area contributed by atoms with Crippen molar-refractivity contribution in [2.45, 2.75) is 18.9 Å². The molecule has 5 heteroatoms. The zero-order chi connectivity index (χ0) is 13.9. The van der Waals surface area contributed by atoms with E-state index < -0.39 is 0 Å². The fraction of sp³-hybridized carbons (Fsp3) is 0.267. The second-order valence-electron chi connectivity index (χ2n) is 4.81. The summed E-state index contributed by atoms with van der Waals surface area (Å²) in [6.07, 6.45) is 3.42. The highest BCUT2D eigenvalue weighted by Crippen LogP contribution is 2.32. The van der Waals surface area contributed by atoms with E-state index in [0.29, 0.717) is 12.2 Å². The van der Waals surface area contributed by atoms with E-state index in [0.717, 1.165) is 18.6 Å². The Kier molecular flexibility index (Phi) is 3.41. The van der Waals surface area contributed by atoms with Crippen LogP contribution >= 0.6 is 0 Å². The van der Waals surface area contributed by atoms with Crippen LogP contribution in [0.1, 0.15) is 24.6 Å². The van der Waals surface area contributed by atoms with E-state index in [4.69, 9.17) is 4.42 Å². The van der Waals surface area contributed by atoms with Crippen LogP contribution < -0.4 is 5.32 Å². The topological polar surface area (TPSA) is 45.5 Å². The van der Waals surface area contributed by atoms with E-state index in [9.17, 15) is 9.18 Å². The minimum atomic E-state index is -0.369. The summed E-state index contributed by atoms with van der Waals surface area (Å²) < 4.78 is 18.5. The fourth-order valence-corrected chi connectivity index (χ4v) is 2.55. The number of carbonyl (C=O) groups is 1. The van der Waals surface area contributed by atoms with Gasteiger partial charge in [-0.3, -0.25) is 0 Å². The highest BCUT2D eigenvalue weighted by atomic mass is 19.1. The SMILES string of the molecule is O=C(Nc1cccc(F)c1)N1CCCC1c1ccco1. The van der Waals surface area contributed by atoms with Gasteiger partial charge in [-0.25, -0.2) is 9.18 Å². The van der Waals surface area contributed by atoms with E-state index in [1.807, 2.05) is 12.1 Å². The molecule has 1 aromatic heterocycles. The summed E-state index contributed by atoms with van der Waals surface area (Å²) in [7, 11) is 0. The Bertz CT molecular complexity index is 598. The molecule has 1 atom stereocenters. The zero-order valence-corrected chi connectivity index (χ0v) is 10.9. The first-order valence-corrected chi connectivity index (χ1v) is 6.60. The molecule has 0 bridgehead atoms. The molecule has 20 heavy (non-hydrogen) atoms. The number of halogens is 1. The number of anilines is 1. The summed E-state index contributed by atoms with van der Waals surface area (Å²) in [5.74, 6) is 0.420. The van der Waals surface area contributed by atoms with Crippen LogP contribution in [0.15, 0.2) is 47.1 Å². The second kappa shape index (κ2) is 5.36. The van der Waals surface area contributed by atoms with Gasteiger partial charge in [0.2, 0.25) is 0 Å². The maximum Gasteiger partial charge on any atom is 0.322 e. The number of nitrogens with one attached hydrogen (secondary N) is 1. The Labute approximate surface area is 116 Å². The maximum absolute atomic E-state index is 13.1. The van der Waals surface area contributed by atoms with E-state index in [2.05, 4.69) is 5.32 Å². The van der Waals surface area contributed by atoms with E-state index in [1.54, 1.807) is 23.3 Å². The number of rotatable bonds is 2. The average molecular weight is 274 g/mol. The second-order valence-corrected chi connectivity index (χ2v) is 4.81. The first-order valence-electron chi connectivity index (χ1n) is 6.60. The van der Waals surface area contributed by atoms with E-state index >= 15 is 0 Å². The molecule has 2 heterocycles. The van der Waals surface area contributed by atoms with Crippen molar-refractivity contribution in [3.8, 4) is 0 Å². The van der Waals surface area contributed by atoms with Gasteiger partial charge in [0.05, 0.1) is 12.3 Å². The average Bonchev–Trinajstić information content (AvgIpc) is 3.09. The van der Waals surface area contributed by atoms with Gasteiger partial charge in [-0.1, -0.05) is 6.07 Å². The third-order valence-electron chi connectivity index (χ3n) is 3.46. The predicted octanol–water partition coefficient (Wildman–Crippen LogP) is 3.79. The van der Waals surface area contributed by atoms with Crippen molar-refractivity contribution in [1.29, 1.82) is 0 Å². The molecule has 1 aliphatic heterocycles. The highest BCUT2D eigenvalue weighted by Gasteiger charge is 2.31. The predicted molar refractivity (Wildman–Crippen MR) is 72.8 cm³/mol. The molecule has 1 saturated heterocycles. The van der Waals surface area contributed by atoms with Gasteiger partial charge in [0, 0.05) is 12.2 Å². The van der Waals surface area contributed by atoms with E-state index in [-0.39, 0.29) is 17.9 Å². The first kappa shape index (κ1) is 12.7. The number of likely N-dealkylation sites (tertiary alicyclic amines) is 1. The lowest BCUT2D eigenvalue weighted by Gasteiger charge is -2.23. The zero-order valence-electron chi connectivity index (χ0n) is 10.9. The minimum Gasteiger partial charge on any atom is -0.467 e. The van der Waals surface area contributed by atoms with Gasteiger partial charge in [0.1, 0.15) is 11.6 Å². The Hall–Kier alpha value is -2.30. The summed E-state index contributed by atoms with van der Waals surface area (Å²) in [4.78, 5) is 14.0. The van der Waals surface area contributed by atoms with Crippen LogP contribution in [-0.4, -0.2) is 17.5 Å². The molecule has 0 saturated carbocycles. The van der Waals surface area contributed by atoms with Gasteiger partial charge in [0.15, 0.2) is 0 Å². The minimum absolute atomic E-state index is 0.0430. The molecule has 2 aromatic rings. The number of hydrogen-bond donors (Lipinski definition) is 1. The summed E-state index contributed by atoms with van der Waals surface area (Å²) in [5, 5.41) is 2.72. The largest absolute Gasteiger partial charge is 0.467 e. The van der Waals surface area contributed by atoms with Gasteiger partial charge >= 0.3 is 6.03 Å². The molecular formula is C15H15FN2O2. The number of hydrogen-bond acceptors (Lipinski definition) is 2. The van der Waals surface area contributed by atoms with Crippen LogP contribution in [-0.2, 0) is 0 Å². The molecular weight excluding hydrogens is 259 g/mol. The van der Waals surface area contributed by atoms with Crippen molar-refractivity contribution >= 4 is 11.7 Å². The summed E-state index contributed by atoms with van der Waals surface area (Å²) >= 11 is 0. The number of nitrogens with zero attached hydrogens (tertiary/aromatic N) is 1. The monoisotopic (exact) mass is 274 g/mol. The number of carbonyl (C=O) groups excluding carboxylic acids is 1. The number of benzene rings is 1. The first-order chi connectivity index (χ1) is 9.74. The number of furan rings is 1. The molecule has 1 unspecified atom stereocenters. The molecule has 104 valence electrons. The van der Waals surface area contributed by atoms with Gasteiger partial charge in [0.25, 0.3) is 0 Å². The molecule has 0 spiro atoms. The van der Waals surface area contributed by atoms with Crippen LogP contribution in [0.2, 0.25) is 0 Å². The third kappa shape index (κ3) is 2.52. The summed E-state index contributed by atoms with van der Waals surface area (Å²) in [6.45, 7) is 0.673. The van der Waals surface area contributed by atoms with Crippen molar-refractivity contribution < 1.29 is 13.6 Å². The molecule has 0 radical (unpaired) electrons. The van der Waals surface area contributed by atoms with Crippen LogP contribution in [0, 0.1) is 5.82 Å². The van der Waals surface area contributed by atoms with Gasteiger partial charge < -0.3 is 14.6 Å². The van der Waals surface area contributed by atoms with Gasteiger partial charge in [-0.15, -0.1) is 0 Å². The van der Waals surface area contributed by atoms with Crippen molar-refractivity contribution in [2.24, 2.45) is 0 Å². The molecule has 1 aliphatic rings. The molecule has 1 N–H and O–H groups in total. The molecule has 0 aliphatic carbocycles. The Morgan fingerprint density at radius 2 is 2.25 bits per heavy atom. The lowest BCUT2D eigenvalue weighted by molar-refractivity contribution is 0.200. The molecule has 4 nitrogen and oxygen atoms in total. The number of urea groups is 1.